The zero-order valence-electron chi connectivity index (χ0n) is 15.3. The lowest BCUT2D eigenvalue weighted by Crippen LogP contribution is -2.15. The van der Waals surface area contributed by atoms with Crippen LogP contribution in [0.2, 0.25) is 5.02 Å². The van der Waals surface area contributed by atoms with Crippen LogP contribution >= 0.6 is 23.4 Å². The van der Waals surface area contributed by atoms with E-state index in [0.29, 0.717) is 33.9 Å². The first-order chi connectivity index (χ1) is 13.6. The number of carbonyl (C=O) groups is 1. The van der Waals surface area contributed by atoms with Gasteiger partial charge in [0.1, 0.15) is 11.6 Å². The number of benzene rings is 2. The molecule has 8 heteroatoms. The average molecular weight is 415 g/mol. The number of nitrogens with one attached hydrogen (secondary N) is 1. The van der Waals surface area contributed by atoms with Crippen molar-refractivity contribution in [1.82, 2.24) is 14.8 Å². The van der Waals surface area contributed by atoms with Gasteiger partial charge >= 0.3 is 0 Å². The van der Waals surface area contributed by atoms with Crippen molar-refractivity contribution in [2.45, 2.75) is 18.6 Å². The number of nitrogens with zero attached hydrogens (tertiary/aromatic N) is 3. The van der Waals surface area contributed by atoms with E-state index in [1.54, 1.807) is 24.3 Å². The Hall–Kier alpha value is -2.77. The summed E-state index contributed by atoms with van der Waals surface area (Å²) in [6.45, 7) is 6.18. The van der Waals surface area contributed by atoms with E-state index in [9.17, 15) is 4.79 Å². The second kappa shape index (κ2) is 9.43. The van der Waals surface area contributed by atoms with Crippen molar-refractivity contribution in [3.8, 4) is 11.5 Å². The Kier molecular flexibility index (Phi) is 6.73. The van der Waals surface area contributed by atoms with Crippen molar-refractivity contribution >= 4 is 35.0 Å². The Labute approximate surface area is 172 Å². The fourth-order valence-electron chi connectivity index (χ4n) is 2.43. The molecule has 0 saturated heterocycles. The van der Waals surface area contributed by atoms with Crippen molar-refractivity contribution in [3.63, 3.8) is 0 Å². The van der Waals surface area contributed by atoms with E-state index in [2.05, 4.69) is 22.1 Å². The molecule has 144 valence electrons. The van der Waals surface area contributed by atoms with Gasteiger partial charge in [-0.3, -0.25) is 4.79 Å². The maximum Gasteiger partial charge on any atom is 0.234 e. The van der Waals surface area contributed by atoms with Crippen LogP contribution in [0.3, 0.4) is 0 Å². The van der Waals surface area contributed by atoms with Crippen LogP contribution in [0.15, 0.2) is 66.3 Å². The first kappa shape index (κ1) is 20.0. The van der Waals surface area contributed by atoms with Crippen LogP contribution in [0.4, 0.5) is 5.69 Å². The van der Waals surface area contributed by atoms with Crippen LogP contribution in [-0.2, 0) is 11.3 Å². The fraction of sp³-hybridized carbons (Fsp3) is 0.150. The van der Waals surface area contributed by atoms with E-state index in [4.69, 9.17) is 16.3 Å². The van der Waals surface area contributed by atoms with Gasteiger partial charge in [0.05, 0.1) is 11.4 Å². The highest BCUT2D eigenvalue weighted by Gasteiger charge is 2.13. The molecule has 3 aromatic rings. The molecule has 0 radical (unpaired) electrons. The molecule has 0 spiro atoms. The number of hydrogen-bond acceptors (Lipinski definition) is 5. The van der Waals surface area contributed by atoms with Gasteiger partial charge < -0.3 is 14.6 Å². The van der Waals surface area contributed by atoms with Crippen LogP contribution in [0, 0.1) is 6.92 Å². The molecule has 1 amide bonds. The molecule has 3 rings (SSSR count). The normalized spacial score (nSPS) is 10.5. The van der Waals surface area contributed by atoms with Gasteiger partial charge in [-0.05, 0) is 37.3 Å². The quantitative estimate of drug-likeness (QED) is 0.417. The van der Waals surface area contributed by atoms with Crippen LogP contribution < -0.4 is 10.1 Å². The molecule has 2 aromatic carbocycles. The van der Waals surface area contributed by atoms with E-state index in [0.717, 1.165) is 5.82 Å². The summed E-state index contributed by atoms with van der Waals surface area (Å²) < 4.78 is 7.76. The van der Waals surface area contributed by atoms with Crippen LogP contribution in [-0.4, -0.2) is 26.4 Å². The molecule has 0 aliphatic heterocycles. The predicted octanol–water partition coefficient (Wildman–Crippen LogP) is 4.95. The number of rotatable bonds is 8. The van der Waals surface area contributed by atoms with Crippen molar-refractivity contribution in [2.75, 3.05) is 11.1 Å². The molecule has 0 bridgehead atoms. The Morgan fingerprint density at radius 1 is 1.29 bits per heavy atom. The maximum atomic E-state index is 12.5. The monoisotopic (exact) mass is 414 g/mol. The Morgan fingerprint density at radius 3 is 2.82 bits per heavy atom. The maximum absolute atomic E-state index is 12.5. The first-order valence-corrected chi connectivity index (χ1v) is 9.89. The number of anilines is 1. The molecule has 0 aliphatic carbocycles. The summed E-state index contributed by atoms with van der Waals surface area (Å²) >= 11 is 7.40. The van der Waals surface area contributed by atoms with Crippen LogP contribution in [0.25, 0.3) is 0 Å². The highest BCUT2D eigenvalue weighted by molar-refractivity contribution is 7.99. The Balaban J connectivity index is 1.68. The molecule has 0 fully saturated rings. The minimum absolute atomic E-state index is 0.173. The number of allylic oxidation sites excluding steroid dienone is 1. The lowest BCUT2D eigenvalue weighted by molar-refractivity contribution is -0.113. The van der Waals surface area contributed by atoms with E-state index >= 15 is 0 Å². The lowest BCUT2D eigenvalue weighted by atomic mass is 10.3. The van der Waals surface area contributed by atoms with Gasteiger partial charge in [0.15, 0.2) is 10.9 Å². The molecule has 1 aromatic heterocycles. The largest absolute Gasteiger partial charge is 0.455 e. The third-order valence-corrected chi connectivity index (χ3v) is 4.93. The smallest absolute Gasteiger partial charge is 0.234 e. The molecule has 1 heterocycles. The molecule has 0 saturated carbocycles. The van der Waals surface area contributed by atoms with Gasteiger partial charge in [0.2, 0.25) is 5.91 Å². The second-order valence-corrected chi connectivity index (χ2v) is 7.20. The number of halogens is 1. The number of aromatic nitrogens is 3. The predicted molar refractivity (Wildman–Crippen MR) is 112 cm³/mol. The van der Waals surface area contributed by atoms with E-state index in [1.807, 2.05) is 41.8 Å². The summed E-state index contributed by atoms with van der Waals surface area (Å²) in [5, 5.41) is 12.2. The van der Waals surface area contributed by atoms with Gasteiger partial charge in [-0.2, -0.15) is 0 Å². The molecule has 6 nitrogen and oxygen atoms in total. The molecule has 0 aliphatic rings. The number of carbonyl (C=O) groups excluding carboxylic acids is 1. The third-order valence-electron chi connectivity index (χ3n) is 3.73. The van der Waals surface area contributed by atoms with Gasteiger partial charge in [-0.15, -0.1) is 16.8 Å². The van der Waals surface area contributed by atoms with E-state index in [-0.39, 0.29) is 11.7 Å². The topological polar surface area (TPSA) is 69.0 Å². The number of ether oxygens (including phenoxy) is 1. The minimum atomic E-state index is -0.198. The molecule has 1 N–H and O–H groups in total. The number of hydrogen-bond donors (Lipinski definition) is 1. The summed E-state index contributed by atoms with van der Waals surface area (Å²) in [6, 6.07) is 14.4. The second-order valence-electron chi connectivity index (χ2n) is 5.82. The zero-order chi connectivity index (χ0) is 19.9. The summed E-state index contributed by atoms with van der Waals surface area (Å²) in [7, 11) is 0. The summed E-state index contributed by atoms with van der Waals surface area (Å²) in [5.74, 6) is 1.93. The third kappa shape index (κ3) is 5.15. The van der Waals surface area contributed by atoms with E-state index in [1.165, 1.54) is 11.8 Å². The van der Waals surface area contributed by atoms with Crippen molar-refractivity contribution < 1.29 is 9.53 Å². The van der Waals surface area contributed by atoms with Crippen molar-refractivity contribution in [2.24, 2.45) is 0 Å². The molecular weight excluding hydrogens is 396 g/mol. The van der Waals surface area contributed by atoms with Gasteiger partial charge in [0.25, 0.3) is 0 Å². The van der Waals surface area contributed by atoms with E-state index < -0.39 is 0 Å². The Bertz CT molecular complexity index is 976. The highest BCUT2D eigenvalue weighted by atomic mass is 35.5. The van der Waals surface area contributed by atoms with Gasteiger partial charge in [-0.1, -0.05) is 47.6 Å². The van der Waals surface area contributed by atoms with Crippen LogP contribution in [0.1, 0.15) is 5.82 Å². The number of amides is 1. The van der Waals surface area contributed by atoms with Gasteiger partial charge in [-0.25, -0.2) is 0 Å². The number of thioether (sulfide) groups is 1. The fourth-order valence-corrected chi connectivity index (χ4v) is 3.39. The highest BCUT2D eigenvalue weighted by Crippen LogP contribution is 2.32. The lowest BCUT2D eigenvalue weighted by Gasteiger charge is -2.13. The summed E-state index contributed by atoms with van der Waals surface area (Å²) in [4.78, 5) is 12.5. The van der Waals surface area contributed by atoms with Crippen molar-refractivity contribution in [1.29, 1.82) is 0 Å². The Morgan fingerprint density at radius 2 is 2.07 bits per heavy atom. The number of aryl methyl sites for hydroxylation is 1. The summed E-state index contributed by atoms with van der Waals surface area (Å²) in [5.41, 5.74) is 0.505. The summed E-state index contributed by atoms with van der Waals surface area (Å²) in [6.07, 6.45) is 1.76. The molecule has 28 heavy (non-hydrogen) atoms. The SMILES string of the molecule is C=CCn1c(C)nnc1SCC(=O)Nc1cc(Cl)ccc1Oc1ccccc1. The molecule has 0 atom stereocenters. The first-order valence-electron chi connectivity index (χ1n) is 8.52. The minimum Gasteiger partial charge on any atom is -0.455 e. The average Bonchev–Trinajstić information content (AvgIpc) is 3.03. The zero-order valence-corrected chi connectivity index (χ0v) is 16.8. The number of para-hydroxylation sites is 1. The molecular formula is C20H19ClN4O2S. The molecule has 0 unspecified atom stereocenters. The van der Waals surface area contributed by atoms with Crippen molar-refractivity contribution in [3.05, 3.63) is 72.0 Å². The van der Waals surface area contributed by atoms with Crippen LogP contribution in [0.5, 0.6) is 11.5 Å². The standard InChI is InChI=1S/C20H19ClN4O2S/c1-3-11-25-14(2)23-24-20(25)28-13-19(26)22-17-12-15(21)9-10-18(17)27-16-7-5-4-6-8-16/h3-10,12H,1,11,13H2,2H3,(H,22,26). The van der Waals surface area contributed by atoms with Gasteiger partial charge in [0, 0.05) is 11.6 Å².